The highest BCUT2D eigenvalue weighted by Crippen LogP contribution is 2.32. The van der Waals surface area contributed by atoms with Gasteiger partial charge in [0.2, 0.25) is 17.8 Å². The Balaban J connectivity index is 2.05. The second-order valence-electron chi connectivity index (χ2n) is 4.93. The molecule has 104 valence electrons. The van der Waals surface area contributed by atoms with Gasteiger partial charge in [0.25, 0.3) is 0 Å². The highest BCUT2D eigenvalue weighted by atomic mass is 15.4. The molecule has 0 atom stereocenters. The topological polar surface area (TPSA) is 57.2 Å². The molecule has 0 radical (unpaired) electrons. The van der Waals surface area contributed by atoms with Gasteiger partial charge in [0, 0.05) is 33.4 Å². The van der Waals surface area contributed by atoms with Crippen LogP contribution in [-0.2, 0) is 6.42 Å². The van der Waals surface area contributed by atoms with Crippen LogP contribution in [0.1, 0.15) is 5.56 Å². The summed E-state index contributed by atoms with van der Waals surface area (Å²) in [6.45, 7) is 0.902. The molecule has 0 saturated heterocycles. The molecular weight excluding hydrogens is 252 g/mol. The number of fused-ring (bicyclic) bond motifs is 1. The third kappa shape index (κ3) is 2.13. The van der Waals surface area contributed by atoms with Gasteiger partial charge in [-0.05, 0) is 18.1 Å². The zero-order chi connectivity index (χ0) is 14.1. The first-order valence-electron chi connectivity index (χ1n) is 6.65. The number of rotatable bonds is 3. The van der Waals surface area contributed by atoms with Crippen LogP contribution in [-0.4, -0.2) is 42.6 Å². The molecule has 0 bridgehead atoms. The Labute approximate surface area is 118 Å². The Hall–Kier alpha value is -2.37. The first-order chi connectivity index (χ1) is 9.69. The maximum Gasteiger partial charge on any atom is 0.236 e. The SMILES string of the molecule is CNc1nc(N(C)C)nc(N2CCc3ccccc32)n1. The third-order valence-corrected chi connectivity index (χ3v) is 3.36. The minimum atomic E-state index is 0.586. The van der Waals surface area contributed by atoms with Crippen LogP contribution in [0.4, 0.5) is 23.5 Å². The van der Waals surface area contributed by atoms with Crippen LogP contribution in [0, 0.1) is 0 Å². The molecule has 0 saturated carbocycles. The average Bonchev–Trinajstić information content (AvgIpc) is 2.90. The first-order valence-corrected chi connectivity index (χ1v) is 6.65. The number of anilines is 4. The Morgan fingerprint density at radius 2 is 1.95 bits per heavy atom. The lowest BCUT2D eigenvalue weighted by molar-refractivity contribution is 0.897. The normalized spacial score (nSPS) is 13.2. The molecule has 0 spiro atoms. The van der Waals surface area contributed by atoms with Crippen molar-refractivity contribution in [2.24, 2.45) is 0 Å². The molecule has 0 fully saturated rings. The highest BCUT2D eigenvalue weighted by Gasteiger charge is 2.23. The van der Waals surface area contributed by atoms with Crippen LogP contribution in [0.25, 0.3) is 0 Å². The van der Waals surface area contributed by atoms with E-state index in [-0.39, 0.29) is 0 Å². The zero-order valence-corrected chi connectivity index (χ0v) is 12.0. The highest BCUT2D eigenvalue weighted by molar-refractivity contribution is 5.66. The lowest BCUT2D eigenvalue weighted by atomic mass is 10.2. The number of hydrogen-bond donors (Lipinski definition) is 1. The molecule has 6 heteroatoms. The van der Waals surface area contributed by atoms with E-state index in [4.69, 9.17) is 0 Å². The van der Waals surface area contributed by atoms with Crippen molar-refractivity contribution in [3.8, 4) is 0 Å². The fraction of sp³-hybridized carbons (Fsp3) is 0.357. The van der Waals surface area contributed by atoms with Crippen molar-refractivity contribution < 1.29 is 0 Å². The molecule has 1 N–H and O–H groups in total. The molecule has 6 nitrogen and oxygen atoms in total. The molecule has 0 amide bonds. The lowest BCUT2D eigenvalue weighted by Gasteiger charge is -2.19. The van der Waals surface area contributed by atoms with Crippen molar-refractivity contribution in [1.82, 2.24) is 15.0 Å². The number of benzene rings is 1. The number of para-hydroxylation sites is 1. The van der Waals surface area contributed by atoms with Gasteiger partial charge in [0.1, 0.15) is 0 Å². The van der Waals surface area contributed by atoms with Gasteiger partial charge in [-0.2, -0.15) is 15.0 Å². The van der Waals surface area contributed by atoms with Gasteiger partial charge in [-0.3, -0.25) is 0 Å². The lowest BCUT2D eigenvalue weighted by Crippen LogP contribution is -2.21. The van der Waals surface area contributed by atoms with E-state index in [1.54, 1.807) is 0 Å². The Bertz CT molecular complexity index is 625. The fourth-order valence-electron chi connectivity index (χ4n) is 2.33. The van der Waals surface area contributed by atoms with Crippen molar-refractivity contribution in [1.29, 1.82) is 0 Å². The molecule has 0 aliphatic carbocycles. The van der Waals surface area contributed by atoms with Crippen LogP contribution in [0.15, 0.2) is 24.3 Å². The van der Waals surface area contributed by atoms with E-state index in [2.05, 4.69) is 43.4 Å². The summed E-state index contributed by atoms with van der Waals surface area (Å²) in [5.74, 6) is 1.94. The fourth-order valence-corrected chi connectivity index (χ4v) is 2.33. The van der Waals surface area contributed by atoms with Gasteiger partial charge in [0.05, 0.1) is 0 Å². The standard InChI is InChI=1S/C14H18N6/c1-15-12-16-13(19(2)3)18-14(17-12)20-9-8-10-6-4-5-7-11(10)20/h4-7H,8-9H2,1-3H3,(H,15,16,17,18). The minimum Gasteiger partial charge on any atom is -0.357 e. The van der Waals surface area contributed by atoms with E-state index >= 15 is 0 Å². The Morgan fingerprint density at radius 3 is 2.70 bits per heavy atom. The maximum atomic E-state index is 4.55. The van der Waals surface area contributed by atoms with E-state index in [1.807, 2.05) is 32.1 Å². The number of nitrogens with zero attached hydrogens (tertiary/aromatic N) is 5. The monoisotopic (exact) mass is 270 g/mol. The molecule has 1 aromatic heterocycles. The van der Waals surface area contributed by atoms with E-state index < -0.39 is 0 Å². The summed E-state index contributed by atoms with van der Waals surface area (Å²) in [6, 6.07) is 8.38. The van der Waals surface area contributed by atoms with E-state index in [0.717, 1.165) is 13.0 Å². The molecule has 2 heterocycles. The second-order valence-corrected chi connectivity index (χ2v) is 4.93. The summed E-state index contributed by atoms with van der Waals surface area (Å²) in [5.41, 5.74) is 2.52. The molecule has 1 aromatic carbocycles. The van der Waals surface area contributed by atoms with E-state index in [1.165, 1.54) is 11.3 Å². The Morgan fingerprint density at radius 1 is 1.15 bits per heavy atom. The van der Waals surface area contributed by atoms with Gasteiger partial charge < -0.3 is 15.1 Å². The van der Waals surface area contributed by atoms with E-state index in [0.29, 0.717) is 17.8 Å². The largest absolute Gasteiger partial charge is 0.357 e. The minimum absolute atomic E-state index is 0.586. The van der Waals surface area contributed by atoms with Gasteiger partial charge >= 0.3 is 0 Å². The van der Waals surface area contributed by atoms with Gasteiger partial charge in [0.15, 0.2) is 0 Å². The van der Waals surface area contributed by atoms with Gasteiger partial charge in [-0.15, -0.1) is 0 Å². The zero-order valence-electron chi connectivity index (χ0n) is 12.0. The molecule has 0 unspecified atom stereocenters. The summed E-state index contributed by atoms with van der Waals surface area (Å²) in [5, 5.41) is 2.99. The maximum absolute atomic E-state index is 4.55. The van der Waals surface area contributed by atoms with Crippen molar-refractivity contribution in [2.45, 2.75) is 6.42 Å². The van der Waals surface area contributed by atoms with Crippen molar-refractivity contribution >= 4 is 23.5 Å². The Kier molecular flexibility index (Phi) is 3.14. The predicted molar refractivity (Wildman–Crippen MR) is 80.9 cm³/mol. The van der Waals surface area contributed by atoms with Crippen LogP contribution in [0.2, 0.25) is 0 Å². The van der Waals surface area contributed by atoms with Crippen LogP contribution in [0.3, 0.4) is 0 Å². The predicted octanol–water partition coefficient (Wildman–Crippen LogP) is 1.67. The molecule has 3 rings (SSSR count). The van der Waals surface area contributed by atoms with Gasteiger partial charge in [-0.25, -0.2) is 0 Å². The van der Waals surface area contributed by atoms with E-state index in [9.17, 15) is 0 Å². The second kappa shape index (κ2) is 4.96. The third-order valence-electron chi connectivity index (χ3n) is 3.36. The molecular formula is C14H18N6. The van der Waals surface area contributed by atoms with Crippen LogP contribution in [0.5, 0.6) is 0 Å². The molecule has 2 aromatic rings. The number of nitrogens with one attached hydrogen (secondary N) is 1. The van der Waals surface area contributed by atoms with Crippen LogP contribution >= 0.6 is 0 Å². The van der Waals surface area contributed by atoms with Crippen molar-refractivity contribution in [3.05, 3.63) is 29.8 Å². The van der Waals surface area contributed by atoms with Crippen molar-refractivity contribution in [2.75, 3.05) is 42.8 Å². The molecule has 1 aliphatic heterocycles. The summed E-state index contributed by atoms with van der Waals surface area (Å²) in [7, 11) is 5.67. The smallest absolute Gasteiger partial charge is 0.236 e. The molecule has 1 aliphatic rings. The summed E-state index contributed by atoms with van der Waals surface area (Å²) >= 11 is 0. The summed E-state index contributed by atoms with van der Waals surface area (Å²) < 4.78 is 0. The summed E-state index contributed by atoms with van der Waals surface area (Å²) in [6.07, 6.45) is 1.02. The molecule has 20 heavy (non-hydrogen) atoms. The van der Waals surface area contributed by atoms with Gasteiger partial charge in [-0.1, -0.05) is 18.2 Å². The summed E-state index contributed by atoms with van der Waals surface area (Å²) in [4.78, 5) is 17.4. The number of hydrogen-bond acceptors (Lipinski definition) is 6. The first kappa shape index (κ1) is 12.7. The average molecular weight is 270 g/mol. The van der Waals surface area contributed by atoms with Crippen molar-refractivity contribution in [3.63, 3.8) is 0 Å². The number of aromatic nitrogens is 3. The quantitative estimate of drug-likeness (QED) is 0.915. The van der Waals surface area contributed by atoms with Crippen LogP contribution < -0.4 is 15.1 Å².